The number of nitrogens with zero attached hydrogens (tertiary/aromatic N) is 1. The zero-order valence-electron chi connectivity index (χ0n) is 16.5. The second-order valence-electron chi connectivity index (χ2n) is 7.25. The van der Waals surface area contributed by atoms with Crippen LogP contribution in [0.5, 0.6) is 17.2 Å². The summed E-state index contributed by atoms with van der Waals surface area (Å²) >= 11 is 0. The summed E-state index contributed by atoms with van der Waals surface area (Å²) in [6.07, 6.45) is 0.332. The van der Waals surface area contributed by atoms with E-state index in [1.165, 1.54) is 0 Å². The van der Waals surface area contributed by atoms with Gasteiger partial charge in [-0.1, -0.05) is 0 Å². The smallest absolute Gasteiger partial charge is 0.410 e. The molecule has 0 saturated carbocycles. The average Bonchev–Trinajstić information content (AvgIpc) is 2.60. The molecule has 1 fully saturated rings. The monoisotopic (exact) mass is 366 g/mol. The number of amides is 1. The molecule has 7 nitrogen and oxygen atoms in total. The zero-order chi connectivity index (χ0) is 19.3. The van der Waals surface area contributed by atoms with Crippen molar-refractivity contribution in [3.05, 3.63) is 17.7 Å². The number of hydrogen-bond donors (Lipinski definition) is 1. The Labute approximate surface area is 155 Å². The number of rotatable bonds is 5. The number of hydrogen-bond acceptors (Lipinski definition) is 6. The topological polar surface area (TPSA) is 69.3 Å². The highest BCUT2D eigenvalue weighted by Crippen LogP contribution is 2.35. The van der Waals surface area contributed by atoms with Gasteiger partial charge in [0.25, 0.3) is 0 Å². The highest BCUT2D eigenvalue weighted by atomic mass is 16.6. The second kappa shape index (κ2) is 8.49. The lowest BCUT2D eigenvalue weighted by Crippen LogP contribution is -2.55. The molecule has 1 unspecified atom stereocenters. The summed E-state index contributed by atoms with van der Waals surface area (Å²) in [6, 6.07) is 3.67. The Hall–Kier alpha value is -2.15. The molecule has 146 valence electrons. The van der Waals surface area contributed by atoms with E-state index in [1.807, 2.05) is 32.9 Å². The van der Waals surface area contributed by atoms with Gasteiger partial charge in [0.1, 0.15) is 11.4 Å². The number of benzene rings is 1. The van der Waals surface area contributed by atoms with Crippen LogP contribution < -0.4 is 19.5 Å². The quantitative estimate of drug-likeness (QED) is 0.863. The first kappa shape index (κ1) is 20.2. The van der Waals surface area contributed by atoms with Crippen LogP contribution in [-0.2, 0) is 11.2 Å². The van der Waals surface area contributed by atoms with Gasteiger partial charge in [-0.3, -0.25) is 0 Å². The standard InChI is InChI=1S/C19H30N2O5/c1-19(2,3)26-18(22)21-8-7-20-12-14(21)9-13-10-16(24-5)17(25-6)11-15(13)23-4/h10-11,14,20H,7-9,12H2,1-6H3. The number of methoxy groups -OCH3 is 3. The molecule has 1 aromatic rings. The molecule has 1 heterocycles. The Morgan fingerprint density at radius 1 is 1.12 bits per heavy atom. The van der Waals surface area contributed by atoms with Crippen LogP contribution in [-0.4, -0.2) is 63.6 Å². The molecule has 1 N–H and O–H groups in total. The van der Waals surface area contributed by atoms with E-state index in [1.54, 1.807) is 26.2 Å². The van der Waals surface area contributed by atoms with Crippen molar-refractivity contribution < 1.29 is 23.7 Å². The third-order valence-electron chi connectivity index (χ3n) is 4.22. The maximum atomic E-state index is 12.6. The van der Waals surface area contributed by atoms with Gasteiger partial charge < -0.3 is 29.2 Å². The fraction of sp³-hybridized carbons (Fsp3) is 0.632. The Bertz CT molecular complexity index is 627. The van der Waals surface area contributed by atoms with Crippen molar-refractivity contribution in [3.63, 3.8) is 0 Å². The van der Waals surface area contributed by atoms with Gasteiger partial charge in [0, 0.05) is 31.3 Å². The third-order valence-corrected chi connectivity index (χ3v) is 4.22. The van der Waals surface area contributed by atoms with Crippen LogP contribution in [0.25, 0.3) is 0 Å². The molecule has 26 heavy (non-hydrogen) atoms. The summed E-state index contributed by atoms with van der Waals surface area (Å²) in [6.45, 7) is 7.67. The number of carbonyl (C=O) groups excluding carboxylic acids is 1. The summed E-state index contributed by atoms with van der Waals surface area (Å²) in [5.74, 6) is 1.95. The minimum atomic E-state index is -0.520. The molecule has 2 rings (SSSR count). The molecule has 1 aromatic carbocycles. The van der Waals surface area contributed by atoms with Crippen LogP contribution in [0.4, 0.5) is 4.79 Å². The molecule has 0 spiro atoms. The summed E-state index contributed by atoms with van der Waals surface area (Å²) < 4.78 is 21.8. The molecule has 1 amide bonds. The molecule has 1 atom stereocenters. The van der Waals surface area contributed by atoms with Gasteiger partial charge >= 0.3 is 6.09 Å². The number of nitrogens with one attached hydrogen (secondary N) is 1. The molecule has 1 aliphatic heterocycles. The lowest BCUT2D eigenvalue weighted by molar-refractivity contribution is 0.0121. The van der Waals surface area contributed by atoms with Gasteiger partial charge in [-0.05, 0) is 33.3 Å². The highest BCUT2D eigenvalue weighted by molar-refractivity contribution is 5.69. The summed E-state index contributed by atoms with van der Waals surface area (Å²) in [5, 5.41) is 3.35. The van der Waals surface area contributed by atoms with E-state index in [2.05, 4.69) is 5.32 Å². The van der Waals surface area contributed by atoms with E-state index in [9.17, 15) is 4.79 Å². The van der Waals surface area contributed by atoms with Crippen molar-refractivity contribution in [3.8, 4) is 17.2 Å². The Kier molecular flexibility index (Phi) is 6.58. The number of carbonyl (C=O) groups is 1. The summed E-state index contributed by atoms with van der Waals surface area (Å²) in [7, 11) is 4.81. The van der Waals surface area contributed by atoms with Crippen LogP contribution in [0.2, 0.25) is 0 Å². The van der Waals surface area contributed by atoms with Crippen molar-refractivity contribution in [2.45, 2.75) is 38.8 Å². The fourth-order valence-corrected chi connectivity index (χ4v) is 3.01. The largest absolute Gasteiger partial charge is 0.496 e. The van der Waals surface area contributed by atoms with E-state index in [0.717, 1.165) is 12.1 Å². The molecule has 0 bridgehead atoms. The first-order valence-electron chi connectivity index (χ1n) is 8.78. The van der Waals surface area contributed by atoms with Crippen LogP contribution in [0.3, 0.4) is 0 Å². The molecule has 0 aliphatic carbocycles. The summed E-state index contributed by atoms with van der Waals surface area (Å²) in [4.78, 5) is 14.4. The van der Waals surface area contributed by atoms with E-state index in [-0.39, 0.29) is 12.1 Å². The van der Waals surface area contributed by atoms with Gasteiger partial charge in [-0.2, -0.15) is 0 Å². The van der Waals surface area contributed by atoms with Gasteiger partial charge in [0.05, 0.1) is 27.4 Å². The van der Waals surface area contributed by atoms with Crippen molar-refractivity contribution in [2.24, 2.45) is 0 Å². The van der Waals surface area contributed by atoms with Crippen LogP contribution in [0.1, 0.15) is 26.3 Å². The maximum absolute atomic E-state index is 12.6. The Balaban J connectivity index is 2.25. The van der Waals surface area contributed by atoms with E-state index >= 15 is 0 Å². The minimum absolute atomic E-state index is 0.0365. The predicted octanol–water partition coefficient (Wildman–Crippen LogP) is 2.46. The zero-order valence-corrected chi connectivity index (χ0v) is 16.5. The van der Waals surface area contributed by atoms with Crippen LogP contribution in [0, 0.1) is 0 Å². The SMILES string of the molecule is COc1cc(OC)c(OC)cc1CC1CNCCN1C(=O)OC(C)(C)C. The minimum Gasteiger partial charge on any atom is -0.496 e. The number of piperazine rings is 1. The third kappa shape index (κ3) is 4.94. The first-order valence-corrected chi connectivity index (χ1v) is 8.78. The lowest BCUT2D eigenvalue weighted by Gasteiger charge is -2.37. The van der Waals surface area contributed by atoms with Crippen molar-refractivity contribution in [2.75, 3.05) is 41.0 Å². The van der Waals surface area contributed by atoms with E-state index in [0.29, 0.717) is 36.8 Å². The predicted molar refractivity (Wildman–Crippen MR) is 99.4 cm³/mol. The van der Waals surface area contributed by atoms with E-state index < -0.39 is 5.60 Å². The van der Waals surface area contributed by atoms with Crippen molar-refractivity contribution >= 4 is 6.09 Å². The molecule has 0 aromatic heterocycles. The van der Waals surface area contributed by atoms with Gasteiger partial charge in [-0.25, -0.2) is 4.79 Å². The molecule has 7 heteroatoms. The molecule has 1 aliphatic rings. The van der Waals surface area contributed by atoms with E-state index in [4.69, 9.17) is 18.9 Å². The highest BCUT2D eigenvalue weighted by Gasteiger charge is 2.31. The second-order valence-corrected chi connectivity index (χ2v) is 7.25. The molecule has 0 radical (unpaired) electrons. The maximum Gasteiger partial charge on any atom is 0.410 e. The van der Waals surface area contributed by atoms with Crippen molar-refractivity contribution in [1.29, 1.82) is 0 Å². The number of ether oxygens (including phenoxy) is 4. The van der Waals surface area contributed by atoms with Crippen LogP contribution in [0.15, 0.2) is 12.1 Å². The summed E-state index contributed by atoms with van der Waals surface area (Å²) in [5.41, 5.74) is 0.431. The van der Waals surface area contributed by atoms with Gasteiger partial charge in [0.2, 0.25) is 0 Å². The Morgan fingerprint density at radius 2 is 1.73 bits per heavy atom. The Morgan fingerprint density at radius 3 is 2.31 bits per heavy atom. The van der Waals surface area contributed by atoms with Gasteiger partial charge in [0.15, 0.2) is 11.5 Å². The fourth-order valence-electron chi connectivity index (χ4n) is 3.01. The van der Waals surface area contributed by atoms with Crippen LogP contribution >= 0.6 is 0 Å². The van der Waals surface area contributed by atoms with Gasteiger partial charge in [-0.15, -0.1) is 0 Å². The molecule has 1 saturated heterocycles. The molecular weight excluding hydrogens is 336 g/mol. The first-order chi connectivity index (χ1) is 12.3. The molecular formula is C19H30N2O5. The van der Waals surface area contributed by atoms with Crippen molar-refractivity contribution in [1.82, 2.24) is 10.2 Å². The average molecular weight is 366 g/mol. The lowest BCUT2D eigenvalue weighted by atomic mass is 10.0. The normalized spacial score (nSPS) is 17.6.